The summed E-state index contributed by atoms with van der Waals surface area (Å²) in [7, 11) is 0. The highest BCUT2D eigenvalue weighted by Crippen LogP contribution is 2.22. The molecule has 3 N–H and O–H groups in total. The minimum absolute atomic E-state index is 0.197. The fourth-order valence-corrected chi connectivity index (χ4v) is 2.08. The fraction of sp³-hybridized carbons (Fsp3) is 0.214. The highest BCUT2D eigenvalue weighted by atomic mass is 16.4. The molecule has 2 aromatic rings. The molecule has 4 heteroatoms. The number of hydrogen-bond donors (Lipinski definition) is 2. The molecule has 0 aliphatic rings. The van der Waals surface area contributed by atoms with Gasteiger partial charge >= 0.3 is 0 Å². The molecule has 0 saturated carbocycles. The SMILES string of the molecule is C[C@@](Cc1ccccc1)(C(N)=NO)n1cccc1. The van der Waals surface area contributed by atoms with Crippen molar-refractivity contribution in [3.63, 3.8) is 0 Å². The molecular weight excluding hydrogens is 226 g/mol. The van der Waals surface area contributed by atoms with Crippen LogP contribution < -0.4 is 5.73 Å². The molecule has 0 bridgehead atoms. The van der Waals surface area contributed by atoms with Gasteiger partial charge in [0.1, 0.15) is 5.54 Å². The van der Waals surface area contributed by atoms with Gasteiger partial charge in [0.2, 0.25) is 0 Å². The van der Waals surface area contributed by atoms with Crippen LogP contribution in [0.4, 0.5) is 0 Å². The summed E-state index contributed by atoms with van der Waals surface area (Å²) in [6.07, 6.45) is 4.50. The lowest BCUT2D eigenvalue weighted by atomic mass is 9.91. The Morgan fingerprint density at radius 2 is 1.83 bits per heavy atom. The zero-order valence-electron chi connectivity index (χ0n) is 10.3. The van der Waals surface area contributed by atoms with Gasteiger partial charge in [0.25, 0.3) is 0 Å². The van der Waals surface area contributed by atoms with Crippen LogP contribution in [-0.2, 0) is 12.0 Å². The molecule has 0 spiro atoms. The van der Waals surface area contributed by atoms with Crippen LogP contribution in [0.5, 0.6) is 0 Å². The third-order valence-electron chi connectivity index (χ3n) is 3.23. The molecule has 18 heavy (non-hydrogen) atoms. The number of amidine groups is 1. The summed E-state index contributed by atoms with van der Waals surface area (Å²) in [6.45, 7) is 1.95. The summed E-state index contributed by atoms with van der Waals surface area (Å²) in [5, 5.41) is 12.2. The highest BCUT2D eigenvalue weighted by Gasteiger charge is 2.31. The van der Waals surface area contributed by atoms with Crippen LogP contribution in [0.2, 0.25) is 0 Å². The van der Waals surface area contributed by atoms with Gasteiger partial charge in [-0.15, -0.1) is 0 Å². The lowest BCUT2D eigenvalue weighted by Crippen LogP contribution is -2.45. The summed E-state index contributed by atoms with van der Waals surface area (Å²) in [5.74, 6) is 0.197. The molecule has 1 atom stereocenters. The molecule has 1 aromatic carbocycles. The van der Waals surface area contributed by atoms with Gasteiger partial charge in [0, 0.05) is 18.8 Å². The zero-order chi connectivity index (χ0) is 13.0. The second-order valence-electron chi connectivity index (χ2n) is 4.51. The summed E-state index contributed by atoms with van der Waals surface area (Å²) < 4.78 is 1.95. The fourth-order valence-electron chi connectivity index (χ4n) is 2.08. The summed E-state index contributed by atoms with van der Waals surface area (Å²) in [6, 6.07) is 13.9. The largest absolute Gasteiger partial charge is 0.409 e. The van der Waals surface area contributed by atoms with Gasteiger partial charge in [-0.2, -0.15) is 0 Å². The van der Waals surface area contributed by atoms with Gasteiger partial charge in [0.05, 0.1) is 0 Å². The topological polar surface area (TPSA) is 63.5 Å². The second-order valence-corrected chi connectivity index (χ2v) is 4.51. The normalized spacial score (nSPS) is 15.3. The first-order valence-corrected chi connectivity index (χ1v) is 5.82. The van der Waals surface area contributed by atoms with Crippen LogP contribution in [0.3, 0.4) is 0 Å². The predicted molar refractivity (Wildman–Crippen MR) is 71.6 cm³/mol. The lowest BCUT2D eigenvalue weighted by molar-refractivity contribution is 0.303. The first kappa shape index (κ1) is 12.2. The number of rotatable bonds is 4. The summed E-state index contributed by atoms with van der Waals surface area (Å²) in [5.41, 5.74) is 6.44. The number of benzene rings is 1. The van der Waals surface area contributed by atoms with E-state index in [9.17, 15) is 0 Å². The van der Waals surface area contributed by atoms with Crippen molar-refractivity contribution in [1.29, 1.82) is 0 Å². The van der Waals surface area contributed by atoms with E-state index in [1.807, 2.05) is 66.3 Å². The number of oxime groups is 1. The van der Waals surface area contributed by atoms with E-state index in [-0.39, 0.29) is 5.84 Å². The number of hydrogen-bond acceptors (Lipinski definition) is 2. The molecule has 94 valence electrons. The molecule has 0 amide bonds. The first-order chi connectivity index (χ1) is 8.66. The minimum atomic E-state index is -0.570. The van der Waals surface area contributed by atoms with Gasteiger partial charge in [-0.25, -0.2) is 0 Å². The van der Waals surface area contributed by atoms with Crippen LogP contribution in [0, 0.1) is 0 Å². The number of nitrogens with two attached hydrogens (primary N) is 1. The molecular formula is C14H17N3O. The van der Waals surface area contributed by atoms with Crippen molar-refractivity contribution in [3.8, 4) is 0 Å². The molecule has 1 heterocycles. The lowest BCUT2D eigenvalue weighted by Gasteiger charge is -2.30. The summed E-state index contributed by atoms with van der Waals surface area (Å²) >= 11 is 0. The van der Waals surface area contributed by atoms with Crippen molar-refractivity contribution < 1.29 is 5.21 Å². The van der Waals surface area contributed by atoms with Crippen LogP contribution in [0.15, 0.2) is 60.0 Å². The average molecular weight is 243 g/mol. The van der Waals surface area contributed by atoms with E-state index >= 15 is 0 Å². The molecule has 0 saturated heterocycles. The standard InChI is InChI=1S/C14H17N3O/c1-14(13(15)16-18,17-9-5-6-10-17)11-12-7-3-2-4-8-12/h2-10,18H,11H2,1H3,(H2,15,16)/t14-/m1/s1. The maximum Gasteiger partial charge on any atom is 0.165 e. The Morgan fingerprint density at radius 1 is 1.22 bits per heavy atom. The van der Waals surface area contributed by atoms with Gasteiger partial charge in [-0.1, -0.05) is 35.5 Å². The Hall–Kier alpha value is -2.23. The average Bonchev–Trinajstić information content (AvgIpc) is 2.93. The van der Waals surface area contributed by atoms with Crippen molar-refractivity contribution in [2.24, 2.45) is 10.9 Å². The van der Waals surface area contributed by atoms with E-state index in [4.69, 9.17) is 10.9 Å². The van der Waals surface area contributed by atoms with E-state index in [1.54, 1.807) is 0 Å². The molecule has 4 nitrogen and oxygen atoms in total. The van der Waals surface area contributed by atoms with E-state index in [0.717, 1.165) is 5.56 Å². The van der Waals surface area contributed by atoms with Crippen molar-refractivity contribution in [1.82, 2.24) is 4.57 Å². The molecule has 0 unspecified atom stereocenters. The quantitative estimate of drug-likeness (QED) is 0.374. The zero-order valence-corrected chi connectivity index (χ0v) is 10.3. The van der Waals surface area contributed by atoms with E-state index in [0.29, 0.717) is 6.42 Å². The van der Waals surface area contributed by atoms with Crippen molar-refractivity contribution >= 4 is 5.84 Å². The van der Waals surface area contributed by atoms with Crippen LogP contribution in [0.1, 0.15) is 12.5 Å². The predicted octanol–water partition coefficient (Wildman–Crippen LogP) is 2.19. The van der Waals surface area contributed by atoms with Gasteiger partial charge in [-0.05, 0) is 24.6 Å². The third kappa shape index (κ3) is 2.22. The summed E-state index contributed by atoms with van der Waals surface area (Å²) in [4.78, 5) is 0. The van der Waals surface area contributed by atoms with Crippen LogP contribution >= 0.6 is 0 Å². The highest BCUT2D eigenvalue weighted by molar-refractivity contribution is 5.87. The van der Waals surface area contributed by atoms with Crippen molar-refractivity contribution in [2.75, 3.05) is 0 Å². The molecule has 0 fully saturated rings. The maximum absolute atomic E-state index is 9.00. The molecule has 2 rings (SSSR count). The van der Waals surface area contributed by atoms with E-state index in [2.05, 4.69) is 5.16 Å². The smallest absolute Gasteiger partial charge is 0.165 e. The Labute approximate surface area is 106 Å². The maximum atomic E-state index is 9.00. The monoisotopic (exact) mass is 243 g/mol. The Bertz CT molecular complexity index is 519. The number of aromatic nitrogens is 1. The van der Waals surface area contributed by atoms with Gasteiger partial charge in [0.15, 0.2) is 5.84 Å². The third-order valence-corrected chi connectivity index (χ3v) is 3.23. The van der Waals surface area contributed by atoms with Gasteiger partial charge in [-0.3, -0.25) is 0 Å². The van der Waals surface area contributed by atoms with E-state index < -0.39 is 5.54 Å². The minimum Gasteiger partial charge on any atom is -0.409 e. The van der Waals surface area contributed by atoms with Crippen molar-refractivity contribution in [2.45, 2.75) is 18.9 Å². The Morgan fingerprint density at radius 3 is 2.39 bits per heavy atom. The Kier molecular flexibility index (Phi) is 3.37. The van der Waals surface area contributed by atoms with Crippen LogP contribution in [0.25, 0.3) is 0 Å². The Balaban J connectivity index is 2.38. The number of nitrogens with zero attached hydrogens (tertiary/aromatic N) is 2. The van der Waals surface area contributed by atoms with Crippen molar-refractivity contribution in [3.05, 3.63) is 60.4 Å². The van der Waals surface area contributed by atoms with Gasteiger partial charge < -0.3 is 15.5 Å². The van der Waals surface area contributed by atoms with Crippen LogP contribution in [-0.4, -0.2) is 15.6 Å². The molecule has 0 radical (unpaired) electrons. The first-order valence-electron chi connectivity index (χ1n) is 5.82. The van der Waals surface area contributed by atoms with E-state index in [1.165, 1.54) is 0 Å². The second kappa shape index (κ2) is 4.96. The molecule has 0 aliphatic carbocycles. The molecule has 1 aromatic heterocycles. The molecule has 0 aliphatic heterocycles.